The van der Waals surface area contributed by atoms with Crippen molar-refractivity contribution in [3.8, 4) is 0 Å². The van der Waals surface area contributed by atoms with E-state index in [1.54, 1.807) is 0 Å². The lowest BCUT2D eigenvalue weighted by Crippen LogP contribution is -2.13. The fraction of sp³-hybridized carbons (Fsp3) is 0.333. The Morgan fingerprint density at radius 1 is 1.36 bits per heavy atom. The summed E-state index contributed by atoms with van der Waals surface area (Å²) in [4.78, 5) is 0. The number of nitrogens with one attached hydrogen (secondary N) is 1. The molecule has 0 heterocycles. The van der Waals surface area contributed by atoms with Crippen molar-refractivity contribution >= 4 is 22.0 Å². The van der Waals surface area contributed by atoms with Gasteiger partial charge in [-0.25, -0.2) is 0 Å². The zero-order valence-electron chi connectivity index (χ0n) is 8.31. The first-order chi connectivity index (χ1) is 6.81. The van der Waals surface area contributed by atoms with Crippen molar-refractivity contribution < 1.29 is 0 Å². The maximum absolute atomic E-state index is 3.60. The van der Waals surface area contributed by atoms with Crippen LogP contribution >= 0.6 is 15.9 Å². The van der Waals surface area contributed by atoms with Crippen molar-refractivity contribution in [1.29, 1.82) is 0 Å². The average Bonchev–Trinajstić information content (AvgIpc) is 2.18. The first-order valence-electron chi connectivity index (χ1n) is 4.92. The number of hydrogen-bond donors (Lipinski definition) is 1. The first kappa shape index (κ1) is 9.94. The zero-order chi connectivity index (χ0) is 9.97. The Kier molecular flexibility index (Phi) is 3.04. The lowest BCUT2D eigenvalue weighted by atomic mass is 9.92. The Hall–Kier alpha value is -0.600. The van der Waals surface area contributed by atoms with Gasteiger partial charge in [-0.05, 0) is 37.1 Å². The van der Waals surface area contributed by atoms with Crippen LogP contribution in [0.3, 0.4) is 0 Å². The molecule has 1 N–H and O–H groups in total. The molecule has 0 aliphatic heterocycles. The van der Waals surface area contributed by atoms with Gasteiger partial charge in [-0.3, -0.25) is 0 Å². The van der Waals surface area contributed by atoms with Crippen LogP contribution in [-0.4, -0.2) is 13.6 Å². The highest BCUT2D eigenvalue weighted by Crippen LogP contribution is 2.29. The predicted octanol–water partition coefficient (Wildman–Crippen LogP) is 3.00. The molecule has 2 heteroatoms. The molecule has 0 atom stereocenters. The molecule has 0 bridgehead atoms. The molecular formula is C12H14BrN. The predicted molar refractivity (Wildman–Crippen MR) is 64.4 cm³/mol. The highest BCUT2D eigenvalue weighted by molar-refractivity contribution is 9.10. The third kappa shape index (κ3) is 1.91. The normalized spacial score (nSPS) is 14.9. The number of halogens is 1. The summed E-state index contributed by atoms with van der Waals surface area (Å²) >= 11 is 3.60. The quantitative estimate of drug-likeness (QED) is 0.853. The van der Waals surface area contributed by atoms with Gasteiger partial charge in [0.05, 0.1) is 0 Å². The standard InChI is InChI=1S/C12H14BrN/c1-14-8-9-5-6-11-10(7-9)3-2-4-12(11)13/h2-4,7,14H,5-6,8H2,1H3. The van der Waals surface area contributed by atoms with Crippen LogP contribution in [0.4, 0.5) is 0 Å². The van der Waals surface area contributed by atoms with E-state index < -0.39 is 0 Å². The van der Waals surface area contributed by atoms with Gasteiger partial charge < -0.3 is 5.32 Å². The van der Waals surface area contributed by atoms with E-state index in [2.05, 4.69) is 45.5 Å². The average molecular weight is 252 g/mol. The number of fused-ring (bicyclic) bond motifs is 1. The summed E-state index contributed by atoms with van der Waals surface area (Å²) in [6.07, 6.45) is 4.64. The van der Waals surface area contributed by atoms with E-state index in [0.717, 1.165) is 13.0 Å². The second-order valence-corrected chi connectivity index (χ2v) is 4.49. The Morgan fingerprint density at radius 3 is 3.00 bits per heavy atom. The fourth-order valence-corrected chi connectivity index (χ4v) is 2.50. The van der Waals surface area contributed by atoms with Crippen LogP contribution in [0.15, 0.2) is 28.2 Å². The highest BCUT2D eigenvalue weighted by Gasteiger charge is 2.11. The molecule has 1 nitrogen and oxygen atoms in total. The maximum atomic E-state index is 3.60. The number of likely N-dealkylation sites (N-methyl/N-ethyl adjacent to an activating group) is 1. The summed E-state index contributed by atoms with van der Waals surface area (Å²) in [6.45, 7) is 1.01. The van der Waals surface area contributed by atoms with Gasteiger partial charge in [-0.15, -0.1) is 0 Å². The summed E-state index contributed by atoms with van der Waals surface area (Å²) < 4.78 is 1.25. The van der Waals surface area contributed by atoms with E-state index in [1.165, 1.54) is 27.6 Å². The first-order valence-corrected chi connectivity index (χ1v) is 5.72. The molecule has 1 aromatic carbocycles. The Balaban J connectivity index is 2.35. The lowest BCUT2D eigenvalue weighted by Gasteiger charge is -2.17. The number of rotatable bonds is 2. The highest BCUT2D eigenvalue weighted by atomic mass is 79.9. The summed E-state index contributed by atoms with van der Waals surface area (Å²) in [5.41, 5.74) is 4.32. The van der Waals surface area contributed by atoms with E-state index in [9.17, 15) is 0 Å². The topological polar surface area (TPSA) is 12.0 Å². The molecule has 1 aliphatic carbocycles. The zero-order valence-corrected chi connectivity index (χ0v) is 9.89. The molecular weight excluding hydrogens is 238 g/mol. The minimum Gasteiger partial charge on any atom is -0.316 e. The van der Waals surface area contributed by atoms with Crippen molar-refractivity contribution in [2.75, 3.05) is 13.6 Å². The second-order valence-electron chi connectivity index (χ2n) is 3.64. The van der Waals surface area contributed by atoms with Gasteiger partial charge in [0, 0.05) is 11.0 Å². The molecule has 1 aliphatic rings. The Labute approximate surface area is 93.3 Å². The molecule has 1 aromatic rings. The molecule has 14 heavy (non-hydrogen) atoms. The van der Waals surface area contributed by atoms with Gasteiger partial charge in [0.2, 0.25) is 0 Å². The van der Waals surface area contributed by atoms with Gasteiger partial charge in [0.15, 0.2) is 0 Å². The van der Waals surface area contributed by atoms with E-state index in [-0.39, 0.29) is 0 Å². The molecule has 2 rings (SSSR count). The van der Waals surface area contributed by atoms with E-state index >= 15 is 0 Å². The Bertz CT molecular complexity index is 369. The molecule has 74 valence electrons. The molecule has 0 aromatic heterocycles. The summed E-state index contributed by atoms with van der Waals surface area (Å²) in [7, 11) is 2.00. The summed E-state index contributed by atoms with van der Waals surface area (Å²) in [5, 5.41) is 3.20. The van der Waals surface area contributed by atoms with Gasteiger partial charge in [0.25, 0.3) is 0 Å². The van der Waals surface area contributed by atoms with E-state index in [0.29, 0.717) is 0 Å². The maximum Gasteiger partial charge on any atom is 0.0213 e. The van der Waals surface area contributed by atoms with Crippen LogP contribution in [-0.2, 0) is 6.42 Å². The van der Waals surface area contributed by atoms with Crippen molar-refractivity contribution in [3.05, 3.63) is 39.4 Å². The van der Waals surface area contributed by atoms with Crippen LogP contribution in [0, 0.1) is 0 Å². The smallest absolute Gasteiger partial charge is 0.0213 e. The third-order valence-corrected chi connectivity index (χ3v) is 3.36. The van der Waals surface area contributed by atoms with Crippen molar-refractivity contribution in [3.63, 3.8) is 0 Å². The third-order valence-electron chi connectivity index (χ3n) is 2.61. The molecule has 0 unspecified atom stereocenters. The van der Waals surface area contributed by atoms with Crippen LogP contribution < -0.4 is 5.32 Å². The number of benzene rings is 1. The van der Waals surface area contributed by atoms with Gasteiger partial charge in [-0.2, -0.15) is 0 Å². The lowest BCUT2D eigenvalue weighted by molar-refractivity contribution is 0.808. The second kappa shape index (κ2) is 4.28. The van der Waals surface area contributed by atoms with Crippen molar-refractivity contribution in [2.24, 2.45) is 0 Å². The Morgan fingerprint density at radius 2 is 2.21 bits per heavy atom. The van der Waals surface area contributed by atoms with Crippen LogP contribution in [0.2, 0.25) is 0 Å². The molecule has 0 spiro atoms. The van der Waals surface area contributed by atoms with E-state index in [1.807, 2.05) is 7.05 Å². The molecule has 0 saturated carbocycles. The minimum absolute atomic E-state index is 1.01. The molecule has 0 saturated heterocycles. The van der Waals surface area contributed by atoms with Crippen LogP contribution in [0.5, 0.6) is 0 Å². The number of hydrogen-bond acceptors (Lipinski definition) is 1. The summed E-state index contributed by atoms with van der Waals surface area (Å²) in [6, 6.07) is 6.41. The largest absolute Gasteiger partial charge is 0.316 e. The fourth-order valence-electron chi connectivity index (χ4n) is 1.92. The van der Waals surface area contributed by atoms with Gasteiger partial charge in [0.1, 0.15) is 0 Å². The van der Waals surface area contributed by atoms with Gasteiger partial charge >= 0.3 is 0 Å². The molecule has 0 radical (unpaired) electrons. The van der Waals surface area contributed by atoms with Crippen molar-refractivity contribution in [2.45, 2.75) is 12.8 Å². The summed E-state index contributed by atoms with van der Waals surface area (Å²) in [5.74, 6) is 0. The van der Waals surface area contributed by atoms with Gasteiger partial charge in [-0.1, -0.05) is 39.7 Å². The molecule has 0 fully saturated rings. The van der Waals surface area contributed by atoms with Crippen LogP contribution in [0.1, 0.15) is 17.5 Å². The molecule has 0 amide bonds. The minimum atomic E-state index is 1.01. The monoisotopic (exact) mass is 251 g/mol. The van der Waals surface area contributed by atoms with E-state index in [4.69, 9.17) is 0 Å². The van der Waals surface area contributed by atoms with Crippen LogP contribution in [0.25, 0.3) is 6.08 Å². The SMILES string of the molecule is CNCC1=Cc2cccc(Br)c2CC1. The van der Waals surface area contributed by atoms with Crippen molar-refractivity contribution in [1.82, 2.24) is 5.32 Å².